The third-order valence-electron chi connectivity index (χ3n) is 2.78. The average Bonchev–Trinajstić information content (AvgIpc) is 2.39. The summed E-state index contributed by atoms with van der Waals surface area (Å²) in [6.45, 7) is 0. The summed E-state index contributed by atoms with van der Waals surface area (Å²) >= 11 is 3.41. The molecule has 0 aliphatic rings. The SMILES string of the molecule is O=c1oc(-c2ccccc2)cc2cc(Br)ccc12. The minimum Gasteiger partial charge on any atom is -0.422 e. The second-order valence-corrected chi connectivity index (χ2v) is 4.91. The van der Waals surface area contributed by atoms with Crippen LogP contribution in [0.4, 0.5) is 0 Å². The summed E-state index contributed by atoms with van der Waals surface area (Å²) in [4.78, 5) is 11.9. The van der Waals surface area contributed by atoms with Crippen LogP contribution in [0.3, 0.4) is 0 Å². The van der Waals surface area contributed by atoms with E-state index in [1.54, 1.807) is 6.07 Å². The zero-order chi connectivity index (χ0) is 12.5. The number of hydrogen-bond donors (Lipinski definition) is 0. The summed E-state index contributed by atoms with van der Waals surface area (Å²) in [5.74, 6) is 0.589. The van der Waals surface area contributed by atoms with E-state index in [4.69, 9.17) is 4.42 Å². The lowest BCUT2D eigenvalue weighted by molar-refractivity contribution is 0.534. The molecule has 3 heteroatoms. The van der Waals surface area contributed by atoms with E-state index in [9.17, 15) is 4.79 Å². The van der Waals surface area contributed by atoms with Gasteiger partial charge in [0.15, 0.2) is 0 Å². The van der Waals surface area contributed by atoms with E-state index in [0.717, 1.165) is 15.4 Å². The van der Waals surface area contributed by atoms with Gasteiger partial charge in [-0.1, -0.05) is 46.3 Å². The molecule has 0 radical (unpaired) electrons. The fourth-order valence-electron chi connectivity index (χ4n) is 1.91. The van der Waals surface area contributed by atoms with Crippen LogP contribution < -0.4 is 5.63 Å². The predicted molar refractivity (Wildman–Crippen MR) is 75.6 cm³/mol. The topological polar surface area (TPSA) is 30.2 Å². The summed E-state index contributed by atoms with van der Waals surface area (Å²) in [6, 6.07) is 17.0. The van der Waals surface area contributed by atoms with Crippen molar-refractivity contribution >= 4 is 26.7 Å². The number of fused-ring (bicyclic) bond motifs is 1. The Morgan fingerprint density at radius 3 is 2.50 bits per heavy atom. The van der Waals surface area contributed by atoms with Crippen molar-refractivity contribution in [2.75, 3.05) is 0 Å². The molecule has 1 heterocycles. The van der Waals surface area contributed by atoms with Gasteiger partial charge in [-0.15, -0.1) is 0 Å². The van der Waals surface area contributed by atoms with Gasteiger partial charge in [-0.05, 0) is 29.7 Å². The Labute approximate surface area is 112 Å². The largest absolute Gasteiger partial charge is 0.422 e. The molecular formula is C15H9BrO2. The Morgan fingerprint density at radius 1 is 0.944 bits per heavy atom. The molecule has 3 rings (SSSR count). The van der Waals surface area contributed by atoms with Gasteiger partial charge < -0.3 is 4.42 Å². The lowest BCUT2D eigenvalue weighted by Crippen LogP contribution is -1.99. The van der Waals surface area contributed by atoms with Crippen LogP contribution in [0.15, 0.2) is 68.3 Å². The zero-order valence-corrected chi connectivity index (χ0v) is 11.0. The number of rotatable bonds is 1. The molecule has 0 spiro atoms. The van der Waals surface area contributed by atoms with Crippen molar-refractivity contribution < 1.29 is 4.42 Å². The van der Waals surface area contributed by atoms with Crippen LogP contribution in [0.1, 0.15) is 0 Å². The lowest BCUT2D eigenvalue weighted by Gasteiger charge is -2.02. The maximum absolute atomic E-state index is 11.9. The fourth-order valence-corrected chi connectivity index (χ4v) is 2.29. The van der Waals surface area contributed by atoms with Gasteiger partial charge in [-0.25, -0.2) is 4.79 Å². The number of benzene rings is 2. The van der Waals surface area contributed by atoms with Crippen molar-refractivity contribution in [3.8, 4) is 11.3 Å². The quantitative estimate of drug-likeness (QED) is 0.673. The summed E-state index contributed by atoms with van der Waals surface area (Å²) < 4.78 is 6.29. The van der Waals surface area contributed by atoms with E-state index in [1.807, 2.05) is 48.5 Å². The second-order valence-electron chi connectivity index (χ2n) is 4.00. The Morgan fingerprint density at radius 2 is 1.72 bits per heavy atom. The Bertz CT molecular complexity index is 760. The van der Waals surface area contributed by atoms with Crippen LogP contribution in [0.25, 0.3) is 22.1 Å². The van der Waals surface area contributed by atoms with Gasteiger partial charge in [-0.2, -0.15) is 0 Å². The molecule has 0 aliphatic heterocycles. The maximum Gasteiger partial charge on any atom is 0.344 e. The molecule has 0 fully saturated rings. The molecule has 0 bridgehead atoms. The molecule has 88 valence electrons. The van der Waals surface area contributed by atoms with Gasteiger partial charge in [0.2, 0.25) is 0 Å². The van der Waals surface area contributed by atoms with Crippen LogP contribution in [-0.4, -0.2) is 0 Å². The van der Waals surface area contributed by atoms with Gasteiger partial charge >= 0.3 is 5.63 Å². The van der Waals surface area contributed by atoms with Gasteiger partial charge in [0.05, 0.1) is 5.39 Å². The summed E-state index contributed by atoms with van der Waals surface area (Å²) in [7, 11) is 0. The summed E-state index contributed by atoms with van der Waals surface area (Å²) in [5.41, 5.74) is 0.593. The molecular weight excluding hydrogens is 292 g/mol. The molecule has 0 amide bonds. The van der Waals surface area contributed by atoms with E-state index >= 15 is 0 Å². The number of hydrogen-bond acceptors (Lipinski definition) is 2. The highest BCUT2D eigenvalue weighted by Gasteiger charge is 2.06. The molecule has 2 aromatic carbocycles. The van der Waals surface area contributed by atoms with Gasteiger partial charge in [0.25, 0.3) is 0 Å². The highest BCUT2D eigenvalue weighted by atomic mass is 79.9. The number of halogens is 1. The van der Waals surface area contributed by atoms with Crippen LogP contribution in [0, 0.1) is 0 Å². The minimum atomic E-state index is -0.307. The molecule has 0 saturated heterocycles. The lowest BCUT2D eigenvalue weighted by atomic mass is 10.1. The molecule has 18 heavy (non-hydrogen) atoms. The third kappa shape index (κ3) is 1.97. The van der Waals surface area contributed by atoms with Crippen molar-refractivity contribution in [3.05, 3.63) is 69.5 Å². The minimum absolute atomic E-state index is 0.307. The Hall–Kier alpha value is -1.87. The molecule has 1 aromatic heterocycles. The first-order valence-corrected chi connectivity index (χ1v) is 6.32. The highest BCUT2D eigenvalue weighted by molar-refractivity contribution is 9.10. The second kappa shape index (κ2) is 4.42. The molecule has 3 aromatic rings. The zero-order valence-electron chi connectivity index (χ0n) is 9.39. The van der Waals surface area contributed by atoms with E-state index in [0.29, 0.717) is 11.1 Å². The molecule has 0 saturated carbocycles. The van der Waals surface area contributed by atoms with E-state index in [1.165, 1.54) is 0 Å². The van der Waals surface area contributed by atoms with E-state index in [2.05, 4.69) is 15.9 Å². The first-order valence-electron chi connectivity index (χ1n) is 5.53. The van der Waals surface area contributed by atoms with Crippen LogP contribution in [0.5, 0.6) is 0 Å². The van der Waals surface area contributed by atoms with Crippen molar-refractivity contribution in [1.82, 2.24) is 0 Å². The van der Waals surface area contributed by atoms with Crippen molar-refractivity contribution in [1.29, 1.82) is 0 Å². The molecule has 0 N–H and O–H groups in total. The first kappa shape index (κ1) is 11.2. The van der Waals surface area contributed by atoms with Gasteiger partial charge in [-0.3, -0.25) is 0 Å². The average molecular weight is 301 g/mol. The van der Waals surface area contributed by atoms with Gasteiger partial charge in [0.1, 0.15) is 5.76 Å². The van der Waals surface area contributed by atoms with Crippen LogP contribution >= 0.6 is 15.9 Å². The first-order chi connectivity index (χ1) is 8.74. The molecule has 2 nitrogen and oxygen atoms in total. The van der Waals surface area contributed by atoms with Gasteiger partial charge in [0, 0.05) is 10.0 Å². The summed E-state index contributed by atoms with van der Waals surface area (Å²) in [5, 5.41) is 1.47. The van der Waals surface area contributed by atoms with Crippen molar-refractivity contribution in [2.45, 2.75) is 0 Å². The predicted octanol–water partition coefficient (Wildman–Crippen LogP) is 4.22. The Kier molecular flexibility index (Phi) is 2.76. The normalized spacial score (nSPS) is 10.7. The molecule has 0 aliphatic carbocycles. The van der Waals surface area contributed by atoms with Crippen LogP contribution in [-0.2, 0) is 0 Å². The summed E-state index contributed by atoms with van der Waals surface area (Å²) in [6.07, 6.45) is 0. The molecule has 0 atom stereocenters. The van der Waals surface area contributed by atoms with E-state index in [-0.39, 0.29) is 5.63 Å². The standard InChI is InChI=1S/C15H9BrO2/c16-12-6-7-13-11(8-12)9-14(18-15(13)17)10-4-2-1-3-5-10/h1-9H. The third-order valence-corrected chi connectivity index (χ3v) is 3.27. The smallest absolute Gasteiger partial charge is 0.344 e. The fraction of sp³-hybridized carbons (Fsp3) is 0. The highest BCUT2D eigenvalue weighted by Crippen LogP contribution is 2.23. The maximum atomic E-state index is 11.9. The van der Waals surface area contributed by atoms with Crippen molar-refractivity contribution in [2.24, 2.45) is 0 Å². The van der Waals surface area contributed by atoms with Crippen LogP contribution in [0.2, 0.25) is 0 Å². The Balaban J connectivity index is 2.30. The van der Waals surface area contributed by atoms with Crippen molar-refractivity contribution in [3.63, 3.8) is 0 Å². The van der Waals surface area contributed by atoms with E-state index < -0.39 is 0 Å². The molecule has 0 unspecified atom stereocenters. The monoisotopic (exact) mass is 300 g/mol.